The van der Waals surface area contributed by atoms with Gasteiger partial charge in [-0.15, -0.1) is 0 Å². The van der Waals surface area contributed by atoms with Crippen molar-refractivity contribution in [1.82, 2.24) is 5.32 Å². The molecule has 0 spiro atoms. The van der Waals surface area contributed by atoms with Crippen LogP contribution in [-0.2, 0) is 11.2 Å². The second kappa shape index (κ2) is 9.02. The first kappa shape index (κ1) is 14.0. The molecule has 0 aliphatic heterocycles. The molecule has 0 aliphatic carbocycles. The summed E-state index contributed by atoms with van der Waals surface area (Å²) in [6.45, 7) is 2.79. The largest absolute Gasteiger partial charge is 0.497 e. The second-order valence-electron chi connectivity index (χ2n) is 4.05. The van der Waals surface area contributed by atoms with Gasteiger partial charge in [-0.25, -0.2) is 0 Å². The van der Waals surface area contributed by atoms with Crippen LogP contribution in [0.25, 0.3) is 0 Å². The standard InChI is InChI=1S/C14H23NO2/c1-16-11-10-15-9-4-3-6-13-7-5-8-14(12-13)17-2/h5,7-8,12,15H,3-4,6,9-11H2,1-2H3. The Morgan fingerprint density at radius 2 is 2.00 bits per heavy atom. The summed E-state index contributed by atoms with van der Waals surface area (Å²) in [6, 6.07) is 8.29. The first-order chi connectivity index (χ1) is 8.36. The maximum Gasteiger partial charge on any atom is 0.119 e. The van der Waals surface area contributed by atoms with E-state index in [0.717, 1.165) is 31.9 Å². The minimum atomic E-state index is 0.788. The van der Waals surface area contributed by atoms with Crippen molar-refractivity contribution in [3.05, 3.63) is 29.8 Å². The van der Waals surface area contributed by atoms with E-state index in [2.05, 4.69) is 17.4 Å². The second-order valence-corrected chi connectivity index (χ2v) is 4.05. The van der Waals surface area contributed by atoms with Crippen LogP contribution in [0, 0.1) is 0 Å². The lowest BCUT2D eigenvalue weighted by Gasteiger charge is -2.05. The molecule has 0 amide bonds. The summed E-state index contributed by atoms with van der Waals surface area (Å²) in [4.78, 5) is 0. The van der Waals surface area contributed by atoms with Gasteiger partial charge >= 0.3 is 0 Å². The molecule has 0 unspecified atom stereocenters. The Morgan fingerprint density at radius 1 is 1.12 bits per heavy atom. The highest BCUT2D eigenvalue weighted by Crippen LogP contribution is 2.14. The summed E-state index contributed by atoms with van der Waals surface area (Å²) in [5, 5.41) is 3.35. The molecule has 1 aromatic rings. The van der Waals surface area contributed by atoms with Crippen molar-refractivity contribution in [3.63, 3.8) is 0 Å². The summed E-state index contributed by atoms with van der Waals surface area (Å²) in [5.74, 6) is 0.945. The highest BCUT2D eigenvalue weighted by atomic mass is 16.5. The topological polar surface area (TPSA) is 30.5 Å². The summed E-state index contributed by atoms with van der Waals surface area (Å²) in [5.41, 5.74) is 1.35. The molecule has 0 aliphatic rings. The number of unbranched alkanes of at least 4 members (excludes halogenated alkanes) is 1. The van der Waals surface area contributed by atoms with Gasteiger partial charge in [-0.2, -0.15) is 0 Å². The highest BCUT2D eigenvalue weighted by Gasteiger charge is 1.96. The average Bonchev–Trinajstić information content (AvgIpc) is 2.38. The molecule has 3 nitrogen and oxygen atoms in total. The van der Waals surface area contributed by atoms with Crippen LogP contribution in [0.4, 0.5) is 0 Å². The molecule has 1 N–H and O–H groups in total. The van der Waals surface area contributed by atoms with Crippen molar-refractivity contribution in [2.75, 3.05) is 33.9 Å². The van der Waals surface area contributed by atoms with E-state index in [1.807, 2.05) is 12.1 Å². The van der Waals surface area contributed by atoms with Crippen molar-refractivity contribution < 1.29 is 9.47 Å². The number of methoxy groups -OCH3 is 2. The minimum Gasteiger partial charge on any atom is -0.497 e. The lowest BCUT2D eigenvalue weighted by Crippen LogP contribution is -2.20. The van der Waals surface area contributed by atoms with E-state index in [1.54, 1.807) is 14.2 Å². The van der Waals surface area contributed by atoms with E-state index in [1.165, 1.54) is 18.4 Å². The van der Waals surface area contributed by atoms with Gasteiger partial charge in [0.2, 0.25) is 0 Å². The van der Waals surface area contributed by atoms with Crippen molar-refractivity contribution in [2.45, 2.75) is 19.3 Å². The molecule has 0 atom stereocenters. The molecule has 0 heterocycles. The van der Waals surface area contributed by atoms with Gasteiger partial charge in [-0.05, 0) is 43.5 Å². The van der Waals surface area contributed by atoms with Crippen molar-refractivity contribution >= 4 is 0 Å². The van der Waals surface area contributed by atoms with E-state index in [0.29, 0.717) is 0 Å². The maximum atomic E-state index is 5.20. The molecule has 3 heteroatoms. The summed E-state index contributed by atoms with van der Waals surface area (Å²) in [6.07, 6.45) is 3.51. The van der Waals surface area contributed by atoms with Crippen LogP contribution >= 0.6 is 0 Å². The molecule has 1 rings (SSSR count). The monoisotopic (exact) mass is 237 g/mol. The molecule has 0 fully saturated rings. The van der Waals surface area contributed by atoms with Gasteiger partial charge in [0, 0.05) is 13.7 Å². The SMILES string of the molecule is COCCNCCCCc1cccc(OC)c1. The molecular weight excluding hydrogens is 214 g/mol. The van der Waals surface area contributed by atoms with Crippen LogP contribution in [0.2, 0.25) is 0 Å². The number of ether oxygens (including phenoxy) is 2. The van der Waals surface area contributed by atoms with Crippen molar-refractivity contribution in [2.24, 2.45) is 0 Å². The van der Waals surface area contributed by atoms with Gasteiger partial charge in [0.05, 0.1) is 13.7 Å². The number of hydrogen-bond donors (Lipinski definition) is 1. The molecule has 0 radical (unpaired) electrons. The third-order valence-corrected chi connectivity index (χ3v) is 2.69. The van der Waals surface area contributed by atoms with E-state index in [4.69, 9.17) is 9.47 Å². The van der Waals surface area contributed by atoms with E-state index in [9.17, 15) is 0 Å². The minimum absolute atomic E-state index is 0.788. The molecule has 0 aromatic heterocycles. The number of rotatable bonds is 9. The molecule has 96 valence electrons. The Balaban J connectivity index is 2.09. The fraction of sp³-hybridized carbons (Fsp3) is 0.571. The number of aryl methyl sites for hydroxylation is 1. The maximum absolute atomic E-state index is 5.20. The predicted octanol–water partition coefficient (Wildman–Crippen LogP) is 2.25. The molecular formula is C14H23NO2. The summed E-state index contributed by atoms with van der Waals surface area (Å²) < 4.78 is 10.2. The van der Waals surface area contributed by atoms with Crippen LogP contribution in [0.3, 0.4) is 0 Å². The highest BCUT2D eigenvalue weighted by molar-refractivity contribution is 5.28. The van der Waals surface area contributed by atoms with Crippen LogP contribution in [0.5, 0.6) is 5.75 Å². The summed E-state index contributed by atoms with van der Waals surface area (Å²) in [7, 11) is 3.43. The zero-order valence-electron chi connectivity index (χ0n) is 10.9. The first-order valence-corrected chi connectivity index (χ1v) is 6.19. The van der Waals surface area contributed by atoms with Gasteiger partial charge < -0.3 is 14.8 Å². The first-order valence-electron chi connectivity index (χ1n) is 6.19. The zero-order valence-corrected chi connectivity index (χ0v) is 10.9. The number of nitrogens with one attached hydrogen (secondary N) is 1. The van der Waals surface area contributed by atoms with Gasteiger partial charge in [0.15, 0.2) is 0 Å². The third-order valence-electron chi connectivity index (χ3n) is 2.69. The predicted molar refractivity (Wildman–Crippen MR) is 70.7 cm³/mol. The lowest BCUT2D eigenvalue weighted by atomic mass is 10.1. The van der Waals surface area contributed by atoms with Crippen LogP contribution in [0.1, 0.15) is 18.4 Å². The van der Waals surface area contributed by atoms with Crippen molar-refractivity contribution in [3.8, 4) is 5.75 Å². The number of hydrogen-bond acceptors (Lipinski definition) is 3. The number of benzene rings is 1. The Labute approximate surface area is 104 Å². The molecule has 0 saturated carbocycles. The fourth-order valence-corrected chi connectivity index (χ4v) is 1.71. The zero-order chi connectivity index (χ0) is 12.3. The quantitative estimate of drug-likeness (QED) is 0.668. The fourth-order valence-electron chi connectivity index (χ4n) is 1.71. The van der Waals surface area contributed by atoms with Crippen LogP contribution in [-0.4, -0.2) is 33.9 Å². The molecule has 0 bridgehead atoms. The smallest absolute Gasteiger partial charge is 0.119 e. The van der Waals surface area contributed by atoms with E-state index < -0.39 is 0 Å². The lowest BCUT2D eigenvalue weighted by molar-refractivity contribution is 0.199. The van der Waals surface area contributed by atoms with E-state index >= 15 is 0 Å². The molecule has 0 saturated heterocycles. The summed E-state index contributed by atoms with van der Waals surface area (Å²) >= 11 is 0. The Kier molecular flexibility index (Phi) is 7.43. The van der Waals surface area contributed by atoms with Gasteiger partial charge in [-0.1, -0.05) is 12.1 Å². The van der Waals surface area contributed by atoms with Crippen LogP contribution < -0.4 is 10.1 Å². The normalized spacial score (nSPS) is 10.5. The van der Waals surface area contributed by atoms with Crippen LogP contribution in [0.15, 0.2) is 24.3 Å². The van der Waals surface area contributed by atoms with Crippen molar-refractivity contribution in [1.29, 1.82) is 0 Å². The average molecular weight is 237 g/mol. The van der Waals surface area contributed by atoms with Gasteiger partial charge in [-0.3, -0.25) is 0 Å². The Hall–Kier alpha value is -1.06. The molecule has 1 aromatic carbocycles. The Morgan fingerprint density at radius 3 is 2.76 bits per heavy atom. The van der Waals surface area contributed by atoms with Gasteiger partial charge in [0.1, 0.15) is 5.75 Å². The Bertz CT molecular complexity index is 302. The van der Waals surface area contributed by atoms with E-state index in [-0.39, 0.29) is 0 Å². The molecule has 17 heavy (non-hydrogen) atoms. The third kappa shape index (κ3) is 6.29. The van der Waals surface area contributed by atoms with Gasteiger partial charge in [0.25, 0.3) is 0 Å².